The highest BCUT2D eigenvalue weighted by Crippen LogP contribution is 2.16. The Hall–Kier alpha value is -2.38. The topological polar surface area (TPSA) is 55.2 Å². The largest absolute Gasteiger partial charge is 0.497 e. The molecule has 0 atom stereocenters. The molecular weight excluding hydrogens is 352 g/mol. The maximum atomic E-state index is 5.29. The zero-order chi connectivity index (χ0) is 17.6. The molecule has 0 aliphatic carbocycles. The van der Waals surface area contributed by atoms with Gasteiger partial charge in [0.15, 0.2) is 5.82 Å². The van der Waals surface area contributed by atoms with Gasteiger partial charge in [-0.15, -0.1) is 11.8 Å². The number of nitrogens with one attached hydrogen (secondary N) is 1. The molecular formula is C18H18N4OS2. The lowest BCUT2D eigenvalue weighted by Crippen LogP contribution is -2.00. The molecule has 2 aromatic carbocycles. The first kappa shape index (κ1) is 17.4. The molecule has 1 aromatic heterocycles. The monoisotopic (exact) mass is 370 g/mol. The van der Waals surface area contributed by atoms with Crippen molar-refractivity contribution in [3.8, 4) is 5.75 Å². The van der Waals surface area contributed by atoms with Crippen molar-refractivity contribution >= 4 is 30.2 Å². The van der Waals surface area contributed by atoms with Crippen molar-refractivity contribution in [1.82, 2.24) is 14.9 Å². The second-order valence-electron chi connectivity index (χ2n) is 5.30. The number of aromatic nitrogens is 3. The second kappa shape index (κ2) is 8.13. The fraction of sp³-hybridized carbons (Fsp3) is 0.167. The molecule has 3 rings (SSSR count). The Balaban J connectivity index is 1.80. The van der Waals surface area contributed by atoms with Crippen LogP contribution in [0.15, 0.2) is 58.5 Å². The van der Waals surface area contributed by atoms with Crippen LogP contribution < -0.4 is 4.74 Å². The number of nitrogens with zero attached hydrogens (tertiary/aromatic N) is 3. The molecule has 3 aromatic rings. The van der Waals surface area contributed by atoms with Crippen molar-refractivity contribution in [2.24, 2.45) is 5.10 Å². The van der Waals surface area contributed by atoms with Crippen LogP contribution >= 0.6 is 24.0 Å². The first-order valence-electron chi connectivity index (χ1n) is 7.67. The smallest absolute Gasteiger partial charge is 0.216 e. The maximum Gasteiger partial charge on any atom is 0.216 e. The van der Waals surface area contributed by atoms with E-state index in [2.05, 4.69) is 45.8 Å². The number of aromatic amines is 1. The first-order valence-corrected chi connectivity index (χ1v) is 9.30. The Bertz CT molecular complexity index is 911. The number of ether oxygens (including phenoxy) is 1. The van der Waals surface area contributed by atoms with E-state index in [0.717, 1.165) is 22.7 Å². The third-order valence-corrected chi connectivity index (χ3v) is 4.68. The molecule has 25 heavy (non-hydrogen) atoms. The molecule has 0 aliphatic heterocycles. The van der Waals surface area contributed by atoms with Gasteiger partial charge in [0, 0.05) is 11.3 Å². The lowest BCUT2D eigenvalue weighted by molar-refractivity contribution is 0.415. The molecule has 5 nitrogen and oxygen atoms in total. The van der Waals surface area contributed by atoms with E-state index >= 15 is 0 Å². The Morgan fingerprint density at radius 1 is 1.20 bits per heavy atom. The molecule has 1 heterocycles. The van der Waals surface area contributed by atoms with Crippen molar-refractivity contribution in [3.63, 3.8) is 0 Å². The van der Waals surface area contributed by atoms with Gasteiger partial charge in [0.2, 0.25) is 4.77 Å². The Labute approximate surface area is 155 Å². The molecule has 0 amide bonds. The predicted molar refractivity (Wildman–Crippen MR) is 104 cm³/mol. The van der Waals surface area contributed by atoms with Gasteiger partial charge >= 0.3 is 0 Å². The van der Waals surface area contributed by atoms with Gasteiger partial charge in [0.05, 0.1) is 13.3 Å². The van der Waals surface area contributed by atoms with Crippen LogP contribution in [0.2, 0.25) is 0 Å². The standard InChI is InChI=1S/C18H18N4OS2/c1-23-15-7-3-14(4-8-15)12-19-22-17(20-21-18(22)24)11-13-5-9-16(25-2)10-6-13/h3-10,12H,11H2,1-2H3,(H,21,24)/b19-12+. The molecule has 0 saturated heterocycles. The summed E-state index contributed by atoms with van der Waals surface area (Å²) in [5, 5.41) is 11.6. The number of thioether (sulfide) groups is 1. The summed E-state index contributed by atoms with van der Waals surface area (Å²) in [6.07, 6.45) is 4.47. The van der Waals surface area contributed by atoms with E-state index in [1.807, 2.05) is 24.3 Å². The van der Waals surface area contributed by atoms with Gasteiger partial charge in [-0.2, -0.15) is 14.9 Å². The quantitative estimate of drug-likeness (QED) is 0.402. The highest BCUT2D eigenvalue weighted by atomic mass is 32.2. The molecule has 0 bridgehead atoms. The number of benzene rings is 2. The summed E-state index contributed by atoms with van der Waals surface area (Å²) in [5.41, 5.74) is 2.12. The molecule has 0 fully saturated rings. The fourth-order valence-corrected chi connectivity index (χ4v) is 2.90. The zero-order valence-electron chi connectivity index (χ0n) is 14.0. The van der Waals surface area contributed by atoms with Crippen molar-refractivity contribution in [3.05, 3.63) is 70.3 Å². The number of hydrogen-bond donors (Lipinski definition) is 1. The summed E-state index contributed by atoms with van der Waals surface area (Å²) in [6.45, 7) is 0. The van der Waals surface area contributed by atoms with Crippen LogP contribution in [0.25, 0.3) is 0 Å². The average Bonchev–Trinajstić information content (AvgIpc) is 3.00. The van der Waals surface area contributed by atoms with E-state index in [-0.39, 0.29) is 0 Å². The molecule has 0 radical (unpaired) electrons. The third-order valence-electron chi connectivity index (χ3n) is 3.68. The van der Waals surface area contributed by atoms with Crippen molar-refractivity contribution in [2.45, 2.75) is 11.3 Å². The number of rotatable bonds is 6. The summed E-state index contributed by atoms with van der Waals surface area (Å²) >= 11 is 7.01. The molecule has 0 spiro atoms. The van der Waals surface area contributed by atoms with Gasteiger partial charge < -0.3 is 4.74 Å². The minimum atomic E-state index is 0.473. The molecule has 0 aliphatic rings. The maximum absolute atomic E-state index is 5.29. The fourth-order valence-electron chi connectivity index (χ4n) is 2.30. The highest BCUT2D eigenvalue weighted by Gasteiger charge is 2.06. The van der Waals surface area contributed by atoms with Crippen LogP contribution in [0.4, 0.5) is 0 Å². The summed E-state index contributed by atoms with van der Waals surface area (Å²) in [7, 11) is 1.64. The van der Waals surface area contributed by atoms with Crippen LogP contribution in [0, 0.1) is 4.77 Å². The highest BCUT2D eigenvalue weighted by molar-refractivity contribution is 7.98. The first-order chi connectivity index (χ1) is 12.2. The normalized spacial score (nSPS) is 11.1. The van der Waals surface area contributed by atoms with Crippen LogP contribution in [-0.4, -0.2) is 34.5 Å². The summed E-state index contributed by atoms with van der Waals surface area (Å²) in [5.74, 6) is 1.58. The van der Waals surface area contributed by atoms with Crippen molar-refractivity contribution in [2.75, 3.05) is 13.4 Å². The third kappa shape index (κ3) is 4.37. The molecule has 1 N–H and O–H groups in total. The van der Waals surface area contributed by atoms with Gasteiger partial charge in [0.25, 0.3) is 0 Å². The van der Waals surface area contributed by atoms with Crippen LogP contribution in [0.1, 0.15) is 17.0 Å². The van der Waals surface area contributed by atoms with Gasteiger partial charge in [-0.25, -0.2) is 0 Å². The Kier molecular flexibility index (Phi) is 5.67. The van der Waals surface area contributed by atoms with Crippen LogP contribution in [0.5, 0.6) is 5.75 Å². The van der Waals surface area contributed by atoms with Crippen molar-refractivity contribution < 1.29 is 4.74 Å². The second-order valence-corrected chi connectivity index (χ2v) is 6.57. The van der Waals surface area contributed by atoms with E-state index in [4.69, 9.17) is 17.0 Å². The number of hydrogen-bond acceptors (Lipinski definition) is 5. The summed E-state index contributed by atoms with van der Waals surface area (Å²) < 4.78 is 7.29. The van der Waals surface area contributed by atoms with Gasteiger partial charge in [0.1, 0.15) is 5.75 Å². The van der Waals surface area contributed by atoms with E-state index in [1.54, 1.807) is 29.8 Å². The summed E-state index contributed by atoms with van der Waals surface area (Å²) in [6, 6.07) is 16.1. The van der Waals surface area contributed by atoms with E-state index in [1.165, 1.54) is 4.90 Å². The number of methoxy groups -OCH3 is 1. The van der Waals surface area contributed by atoms with Gasteiger partial charge in [-0.1, -0.05) is 12.1 Å². The van der Waals surface area contributed by atoms with Gasteiger partial charge in [-0.05, 0) is 66.0 Å². The molecule has 128 valence electrons. The zero-order valence-corrected chi connectivity index (χ0v) is 15.6. The minimum Gasteiger partial charge on any atom is -0.497 e. The van der Waals surface area contributed by atoms with E-state index in [9.17, 15) is 0 Å². The molecule has 7 heteroatoms. The van der Waals surface area contributed by atoms with Crippen LogP contribution in [-0.2, 0) is 6.42 Å². The lowest BCUT2D eigenvalue weighted by Gasteiger charge is -2.03. The minimum absolute atomic E-state index is 0.473. The van der Waals surface area contributed by atoms with E-state index < -0.39 is 0 Å². The van der Waals surface area contributed by atoms with E-state index in [0.29, 0.717) is 11.2 Å². The average molecular weight is 371 g/mol. The Morgan fingerprint density at radius 2 is 1.92 bits per heavy atom. The number of H-pyrrole nitrogens is 1. The lowest BCUT2D eigenvalue weighted by atomic mass is 10.1. The summed E-state index contributed by atoms with van der Waals surface area (Å²) in [4.78, 5) is 1.24. The molecule has 0 unspecified atom stereocenters. The molecule has 0 saturated carbocycles. The predicted octanol–water partition coefficient (Wildman–Crippen LogP) is 4.14. The van der Waals surface area contributed by atoms with Gasteiger partial charge in [-0.3, -0.25) is 5.10 Å². The van der Waals surface area contributed by atoms with Crippen LogP contribution in [0.3, 0.4) is 0 Å². The SMILES string of the molecule is COc1ccc(/C=N/n2c(Cc3ccc(SC)cc3)n[nH]c2=S)cc1. The Morgan fingerprint density at radius 3 is 2.56 bits per heavy atom. The van der Waals surface area contributed by atoms with Crippen molar-refractivity contribution in [1.29, 1.82) is 0 Å².